The second-order valence-electron chi connectivity index (χ2n) is 5.07. The Morgan fingerprint density at radius 3 is 2.74 bits per heavy atom. The Bertz CT molecular complexity index is 674. The molecular weight excluding hydrogens is 244 g/mol. The molecule has 2 rings (SSSR count). The zero-order valence-electron chi connectivity index (χ0n) is 11.2. The first-order valence-corrected chi connectivity index (χ1v) is 5.98. The summed E-state index contributed by atoms with van der Waals surface area (Å²) in [6.07, 6.45) is 1.47. The van der Waals surface area contributed by atoms with Crippen molar-refractivity contribution in [2.75, 3.05) is 7.11 Å². The summed E-state index contributed by atoms with van der Waals surface area (Å²) in [6.45, 7) is 3.71. The first-order valence-electron chi connectivity index (χ1n) is 5.98. The van der Waals surface area contributed by atoms with E-state index in [1.807, 2.05) is 6.07 Å². The SMILES string of the molecule is COC(=O)C(C)(C)Cn1cnc2ccccc2c1=O. The van der Waals surface area contributed by atoms with Crippen molar-refractivity contribution in [2.24, 2.45) is 5.41 Å². The average Bonchev–Trinajstić information content (AvgIpc) is 2.41. The van der Waals surface area contributed by atoms with Crippen LogP contribution in [0.1, 0.15) is 13.8 Å². The topological polar surface area (TPSA) is 61.2 Å². The number of hydrogen-bond acceptors (Lipinski definition) is 4. The molecule has 5 nitrogen and oxygen atoms in total. The van der Waals surface area contributed by atoms with Crippen LogP contribution in [0.5, 0.6) is 0 Å². The van der Waals surface area contributed by atoms with Gasteiger partial charge < -0.3 is 4.74 Å². The molecule has 0 atom stereocenters. The normalized spacial score (nSPS) is 11.5. The Labute approximate surface area is 110 Å². The molecule has 0 radical (unpaired) electrons. The van der Waals surface area contributed by atoms with Gasteiger partial charge in [-0.3, -0.25) is 14.2 Å². The molecule has 100 valence electrons. The number of methoxy groups -OCH3 is 1. The van der Waals surface area contributed by atoms with Crippen LogP contribution in [0.25, 0.3) is 10.9 Å². The third-order valence-corrected chi connectivity index (χ3v) is 3.04. The van der Waals surface area contributed by atoms with Gasteiger partial charge in [-0.1, -0.05) is 12.1 Å². The summed E-state index contributed by atoms with van der Waals surface area (Å²) in [5.74, 6) is -0.354. The van der Waals surface area contributed by atoms with E-state index in [0.717, 1.165) is 0 Å². The fraction of sp³-hybridized carbons (Fsp3) is 0.357. The highest BCUT2D eigenvalue weighted by Crippen LogP contribution is 2.19. The van der Waals surface area contributed by atoms with Crippen molar-refractivity contribution >= 4 is 16.9 Å². The molecule has 1 aromatic carbocycles. The Morgan fingerprint density at radius 1 is 1.37 bits per heavy atom. The number of carbonyl (C=O) groups excluding carboxylic acids is 1. The number of benzene rings is 1. The molecule has 0 N–H and O–H groups in total. The number of hydrogen-bond donors (Lipinski definition) is 0. The van der Waals surface area contributed by atoms with E-state index in [-0.39, 0.29) is 18.1 Å². The van der Waals surface area contributed by atoms with Gasteiger partial charge in [0.15, 0.2) is 0 Å². The molecule has 0 saturated heterocycles. The molecule has 0 aliphatic rings. The molecule has 1 heterocycles. The summed E-state index contributed by atoms with van der Waals surface area (Å²) >= 11 is 0. The number of ether oxygens (including phenoxy) is 1. The number of aromatic nitrogens is 2. The summed E-state index contributed by atoms with van der Waals surface area (Å²) in [6, 6.07) is 7.14. The van der Waals surface area contributed by atoms with Crippen molar-refractivity contribution in [3.63, 3.8) is 0 Å². The number of nitrogens with zero attached hydrogens (tertiary/aromatic N) is 2. The first kappa shape index (κ1) is 13.3. The zero-order chi connectivity index (χ0) is 14.0. The third-order valence-electron chi connectivity index (χ3n) is 3.04. The van der Waals surface area contributed by atoms with Gasteiger partial charge >= 0.3 is 5.97 Å². The Balaban J connectivity index is 2.45. The van der Waals surface area contributed by atoms with E-state index in [9.17, 15) is 9.59 Å². The van der Waals surface area contributed by atoms with Gasteiger partial charge in [-0.15, -0.1) is 0 Å². The van der Waals surface area contributed by atoms with Crippen molar-refractivity contribution in [3.8, 4) is 0 Å². The van der Waals surface area contributed by atoms with Crippen LogP contribution in [-0.2, 0) is 16.1 Å². The Hall–Kier alpha value is -2.17. The van der Waals surface area contributed by atoms with Gasteiger partial charge in [-0.25, -0.2) is 4.98 Å². The zero-order valence-corrected chi connectivity index (χ0v) is 11.2. The molecule has 1 aromatic heterocycles. The summed E-state index contributed by atoms with van der Waals surface area (Å²) in [5.41, 5.74) is -0.273. The van der Waals surface area contributed by atoms with Crippen molar-refractivity contribution in [3.05, 3.63) is 40.9 Å². The van der Waals surface area contributed by atoms with E-state index >= 15 is 0 Å². The lowest BCUT2D eigenvalue weighted by Crippen LogP contribution is -2.35. The van der Waals surface area contributed by atoms with Gasteiger partial charge in [0, 0.05) is 6.54 Å². The Kier molecular flexibility index (Phi) is 3.38. The molecule has 0 fully saturated rings. The predicted octanol–water partition coefficient (Wildman–Crippen LogP) is 1.60. The van der Waals surface area contributed by atoms with E-state index in [1.54, 1.807) is 32.0 Å². The standard InChI is InChI=1S/C14H16N2O3/c1-14(2,13(18)19-3)8-16-9-15-11-7-5-4-6-10(11)12(16)17/h4-7,9H,8H2,1-3H3. The van der Waals surface area contributed by atoms with Crippen LogP contribution >= 0.6 is 0 Å². The lowest BCUT2D eigenvalue weighted by Gasteiger charge is -2.22. The van der Waals surface area contributed by atoms with Crippen LogP contribution in [-0.4, -0.2) is 22.6 Å². The molecule has 0 amide bonds. The van der Waals surface area contributed by atoms with E-state index < -0.39 is 5.41 Å². The minimum Gasteiger partial charge on any atom is -0.469 e. The van der Waals surface area contributed by atoms with Crippen LogP contribution in [0.15, 0.2) is 35.4 Å². The molecule has 0 unspecified atom stereocenters. The predicted molar refractivity (Wildman–Crippen MR) is 71.8 cm³/mol. The van der Waals surface area contributed by atoms with Crippen LogP contribution in [0.2, 0.25) is 0 Å². The molecule has 0 bridgehead atoms. The van der Waals surface area contributed by atoms with Gasteiger partial charge in [0.25, 0.3) is 5.56 Å². The van der Waals surface area contributed by atoms with Crippen molar-refractivity contribution in [2.45, 2.75) is 20.4 Å². The highest BCUT2D eigenvalue weighted by atomic mass is 16.5. The maximum Gasteiger partial charge on any atom is 0.313 e. The molecule has 5 heteroatoms. The van der Waals surface area contributed by atoms with Gasteiger partial charge in [-0.2, -0.15) is 0 Å². The minimum atomic E-state index is -0.775. The quantitative estimate of drug-likeness (QED) is 0.786. The van der Waals surface area contributed by atoms with Crippen LogP contribution < -0.4 is 5.56 Å². The summed E-state index contributed by atoms with van der Waals surface area (Å²) in [5, 5.41) is 0.547. The van der Waals surface area contributed by atoms with E-state index in [1.165, 1.54) is 18.0 Å². The van der Waals surface area contributed by atoms with E-state index in [0.29, 0.717) is 10.9 Å². The van der Waals surface area contributed by atoms with Crippen molar-refractivity contribution < 1.29 is 9.53 Å². The lowest BCUT2D eigenvalue weighted by atomic mass is 9.93. The van der Waals surface area contributed by atoms with Gasteiger partial charge in [0.05, 0.1) is 29.8 Å². The third kappa shape index (κ3) is 2.50. The number of fused-ring (bicyclic) bond motifs is 1. The fourth-order valence-electron chi connectivity index (χ4n) is 1.99. The molecule has 0 aliphatic heterocycles. The monoisotopic (exact) mass is 260 g/mol. The van der Waals surface area contributed by atoms with Gasteiger partial charge in [0.2, 0.25) is 0 Å². The second kappa shape index (κ2) is 4.84. The van der Waals surface area contributed by atoms with Crippen LogP contribution in [0.3, 0.4) is 0 Å². The largest absolute Gasteiger partial charge is 0.469 e. The number of rotatable bonds is 3. The molecule has 0 spiro atoms. The number of esters is 1. The van der Waals surface area contributed by atoms with E-state index in [2.05, 4.69) is 4.98 Å². The average molecular weight is 260 g/mol. The van der Waals surface area contributed by atoms with Gasteiger partial charge in [-0.05, 0) is 26.0 Å². The minimum absolute atomic E-state index is 0.150. The maximum absolute atomic E-state index is 12.3. The number of para-hydroxylation sites is 1. The second-order valence-corrected chi connectivity index (χ2v) is 5.07. The molecule has 19 heavy (non-hydrogen) atoms. The van der Waals surface area contributed by atoms with Crippen molar-refractivity contribution in [1.82, 2.24) is 9.55 Å². The molecule has 0 aliphatic carbocycles. The molecular formula is C14H16N2O3. The maximum atomic E-state index is 12.3. The van der Waals surface area contributed by atoms with Crippen LogP contribution in [0, 0.1) is 5.41 Å². The Morgan fingerprint density at radius 2 is 2.05 bits per heavy atom. The molecule has 2 aromatic rings. The fourth-order valence-corrected chi connectivity index (χ4v) is 1.99. The smallest absolute Gasteiger partial charge is 0.313 e. The number of carbonyl (C=O) groups is 1. The highest BCUT2D eigenvalue weighted by Gasteiger charge is 2.29. The highest BCUT2D eigenvalue weighted by molar-refractivity contribution is 5.77. The van der Waals surface area contributed by atoms with E-state index in [4.69, 9.17) is 4.74 Å². The summed E-state index contributed by atoms with van der Waals surface area (Å²) < 4.78 is 6.18. The van der Waals surface area contributed by atoms with Crippen LogP contribution in [0.4, 0.5) is 0 Å². The lowest BCUT2D eigenvalue weighted by molar-refractivity contribution is -0.151. The van der Waals surface area contributed by atoms with Crippen molar-refractivity contribution in [1.29, 1.82) is 0 Å². The first-order chi connectivity index (χ1) is 8.95. The molecule has 0 saturated carbocycles. The summed E-state index contributed by atoms with van der Waals surface area (Å²) in [7, 11) is 1.34. The summed E-state index contributed by atoms with van der Waals surface area (Å²) in [4.78, 5) is 28.2. The van der Waals surface area contributed by atoms with Gasteiger partial charge in [0.1, 0.15) is 0 Å².